The average molecular weight is 260 g/mol. The molecule has 17 heavy (non-hydrogen) atoms. The van der Waals surface area contributed by atoms with Crippen LogP contribution < -0.4 is 0 Å². The van der Waals surface area contributed by atoms with Crippen LogP contribution in [0.4, 0.5) is 0 Å². The van der Waals surface area contributed by atoms with E-state index < -0.39 is 0 Å². The zero-order valence-electron chi connectivity index (χ0n) is 10.6. The Balaban J connectivity index is 2.42. The van der Waals surface area contributed by atoms with Crippen LogP contribution in [0.1, 0.15) is 26.2 Å². The highest BCUT2D eigenvalue weighted by molar-refractivity contribution is 7.99. The summed E-state index contributed by atoms with van der Waals surface area (Å²) >= 11 is 1.67. The molecule has 0 spiro atoms. The SMILES string of the molecule is CCCCCSc1nnnn1CC(OC)OC. The Kier molecular flexibility index (Phi) is 7.14. The summed E-state index contributed by atoms with van der Waals surface area (Å²) in [7, 11) is 3.21. The third kappa shape index (κ3) is 5.01. The van der Waals surface area contributed by atoms with Gasteiger partial charge in [0.25, 0.3) is 0 Å². The van der Waals surface area contributed by atoms with Gasteiger partial charge >= 0.3 is 0 Å². The largest absolute Gasteiger partial charge is 0.354 e. The minimum absolute atomic E-state index is 0.312. The van der Waals surface area contributed by atoms with Gasteiger partial charge in [-0.05, 0) is 16.8 Å². The molecule has 0 radical (unpaired) electrons. The fourth-order valence-corrected chi connectivity index (χ4v) is 2.20. The lowest BCUT2D eigenvalue weighted by Gasteiger charge is -2.13. The van der Waals surface area contributed by atoms with E-state index in [0.717, 1.165) is 10.9 Å². The van der Waals surface area contributed by atoms with Gasteiger partial charge in [0.1, 0.15) is 0 Å². The van der Waals surface area contributed by atoms with Crippen molar-refractivity contribution >= 4 is 11.8 Å². The first-order chi connectivity index (χ1) is 8.31. The Morgan fingerprint density at radius 1 is 1.29 bits per heavy atom. The lowest BCUT2D eigenvalue weighted by atomic mass is 10.3. The fourth-order valence-electron chi connectivity index (χ4n) is 1.32. The molecule has 0 saturated heterocycles. The molecule has 0 saturated carbocycles. The van der Waals surface area contributed by atoms with Gasteiger partial charge in [0.05, 0.1) is 6.54 Å². The molecule has 1 rings (SSSR count). The normalized spacial score (nSPS) is 11.3. The van der Waals surface area contributed by atoms with Gasteiger partial charge < -0.3 is 9.47 Å². The molecule has 0 aliphatic carbocycles. The van der Waals surface area contributed by atoms with Crippen molar-refractivity contribution in [3.8, 4) is 0 Å². The van der Waals surface area contributed by atoms with E-state index in [1.54, 1.807) is 30.7 Å². The van der Waals surface area contributed by atoms with Crippen LogP contribution >= 0.6 is 11.8 Å². The average Bonchev–Trinajstić information content (AvgIpc) is 2.79. The molecule has 0 aromatic carbocycles. The number of tetrazole rings is 1. The number of hydrogen-bond donors (Lipinski definition) is 0. The Morgan fingerprint density at radius 2 is 2.06 bits per heavy atom. The second-order valence-electron chi connectivity index (χ2n) is 3.60. The number of ether oxygens (including phenoxy) is 2. The predicted octanol–water partition coefficient (Wildman–Crippen LogP) is 1.57. The summed E-state index contributed by atoms with van der Waals surface area (Å²) < 4.78 is 12.0. The molecule has 6 nitrogen and oxygen atoms in total. The molecular weight excluding hydrogens is 240 g/mol. The molecule has 0 fully saturated rings. The van der Waals surface area contributed by atoms with Crippen LogP contribution in [0.15, 0.2) is 5.16 Å². The Labute approximate surface area is 106 Å². The molecule has 1 aromatic heterocycles. The van der Waals surface area contributed by atoms with Crippen LogP contribution in [0.2, 0.25) is 0 Å². The lowest BCUT2D eigenvalue weighted by molar-refractivity contribution is -0.113. The fraction of sp³-hybridized carbons (Fsp3) is 0.900. The minimum atomic E-state index is -0.312. The van der Waals surface area contributed by atoms with Crippen molar-refractivity contribution in [2.45, 2.75) is 44.2 Å². The second kappa shape index (κ2) is 8.43. The predicted molar refractivity (Wildman–Crippen MR) is 65.9 cm³/mol. The van der Waals surface area contributed by atoms with E-state index in [1.807, 2.05) is 0 Å². The number of hydrogen-bond acceptors (Lipinski definition) is 6. The van der Waals surface area contributed by atoms with Gasteiger partial charge in [0.2, 0.25) is 5.16 Å². The first kappa shape index (κ1) is 14.4. The second-order valence-corrected chi connectivity index (χ2v) is 4.66. The molecule has 0 atom stereocenters. The van der Waals surface area contributed by atoms with Crippen molar-refractivity contribution < 1.29 is 9.47 Å². The number of rotatable bonds is 9. The van der Waals surface area contributed by atoms with Crippen LogP contribution in [0.5, 0.6) is 0 Å². The highest BCUT2D eigenvalue weighted by atomic mass is 32.2. The van der Waals surface area contributed by atoms with Crippen molar-refractivity contribution in [2.24, 2.45) is 0 Å². The summed E-state index contributed by atoms with van der Waals surface area (Å²) in [6.07, 6.45) is 3.34. The monoisotopic (exact) mass is 260 g/mol. The summed E-state index contributed by atoms with van der Waals surface area (Å²) in [6, 6.07) is 0. The summed E-state index contributed by atoms with van der Waals surface area (Å²) in [6.45, 7) is 2.70. The molecule has 1 heterocycles. The van der Waals surface area contributed by atoms with Gasteiger partial charge in [0, 0.05) is 20.0 Å². The first-order valence-corrected chi connectivity index (χ1v) is 6.75. The molecule has 0 N–H and O–H groups in total. The molecule has 0 aliphatic rings. The van der Waals surface area contributed by atoms with E-state index in [-0.39, 0.29) is 6.29 Å². The Bertz CT molecular complexity index is 304. The highest BCUT2D eigenvalue weighted by Gasteiger charge is 2.12. The van der Waals surface area contributed by atoms with E-state index in [4.69, 9.17) is 9.47 Å². The number of nitrogens with zero attached hydrogens (tertiary/aromatic N) is 4. The highest BCUT2D eigenvalue weighted by Crippen LogP contribution is 2.16. The van der Waals surface area contributed by atoms with Crippen molar-refractivity contribution in [2.75, 3.05) is 20.0 Å². The smallest absolute Gasteiger partial charge is 0.209 e. The third-order valence-electron chi connectivity index (χ3n) is 2.33. The van der Waals surface area contributed by atoms with Crippen LogP contribution in [0.3, 0.4) is 0 Å². The number of thioether (sulfide) groups is 1. The molecule has 0 aliphatic heterocycles. The third-order valence-corrected chi connectivity index (χ3v) is 3.37. The maximum Gasteiger partial charge on any atom is 0.209 e. The standard InChI is InChI=1S/C10H20N4O2S/c1-4-5-6-7-17-10-11-12-13-14(10)8-9(15-2)16-3/h9H,4-8H2,1-3H3. The van der Waals surface area contributed by atoms with Crippen LogP contribution in [0, 0.1) is 0 Å². The summed E-state index contributed by atoms with van der Waals surface area (Å²) in [4.78, 5) is 0. The van der Waals surface area contributed by atoms with Gasteiger partial charge in [-0.1, -0.05) is 31.5 Å². The van der Waals surface area contributed by atoms with E-state index >= 15 is 0 Å². The van der Waals surface area contributed by atoms with Gasteiger partial charge in [-0.3, -0.25) is 0 Å². The van der Waals surface area contributed by atoms with E-state index in [9.17, 15) is 0 Å². The van der Waals surface area contributed by atoms with Gasteiger partial charge in [0.15, 0.2) is 6.29 Å². The number of unbranched alkanes of at least 4 members (excludes halogenated alkanes) is 2. The van der Waals surface area contributed by atoms with Crippen LogP contribution in [-0.4, -0.2) is 46.5 Å². The van der Waals surface area contributed by atoms with Gasteiger partial charge in [-0.15, -0.1) is 5.10 Å². The number of methoxy groups -OCH3 is 2. The van der Waals surface area contributed by atoms with E-state index in [0.29, 0.717) is 6.54 Å². The summed E-state index contributed by atoms with van der Waals surface area (Å²) in [5, 5.41) is 12.4. The summed E-state index contributed by atoms with van der Waals surface area (Å²) in [5.74, 6) is 1.04. The van der Waals surface area contributed by atoms with Crippen molar-refractivity contribution in [3.63, 3.8) is 0 Å². The maximum absolute atomic E-state index is 5.12. The van der Waals surface area contributed by atoms with E-state index in [1.165, 1.54) is 19.3 Å². The lowest BCUT2D eigenvalue weighted by Crippen LogP contribution is -2.21. The maximum atomic E-state index is 5.12. The topological polar surface area (TPSA) is 62.1 Å². The molecule has 98 valence electrons. The minimum Gasteiger partial charge on any atom is -0.354 e. The van der Waals surface area contributed by atoms with Crippen molar-refractivity contribution in [1.29, 1.82) is 0 Å². The van der Waals surface area contributed by atoms with E-state index in [2.05, 4.69) is 22.4 Å². The molecule has 0 unspecified atom stereocenters. The zero-order chi connectivity index (χ0) is 12.5. The molecule has 0 bridgehead atoms. The molecule has 1 aromatic rings. The Hall–Kier alpha value is -0.660. The molecule has 0 amide bonds. The summed E-state index contributed by atoms with van der Waals surface area (Å²) in [5.41, 5.74) is 0. The quantitative estimate of drug-likeness (QED) is 0.381. The van der Waals surface area contributed by atoms with Gasteiger partial charge in [-0.2, -0.15) is 0 Å². The van der Waals surface area contributed by atoms with Crippen LogP contribution in [-0.2, 0) is 16.0 Å². The zero-order valence-corrected chi connectivity index (χ0v) is 11.4. The molecule has 7 heteroatoms. The number of aromatic nitrogens is 4. The van der Waals surface area contributed by atoms with Gasteiger partial charge in [-0.25, -0.2) is 4.68 Å². The van der Waals surface area contributed by atoms with Crippen LogP contribution in [0.25, 0.3) is 0 Å². The first-order valence-electron chi connectivity index (χ1n) is 5.76. The van der Waals surface area contributed by atoms with Crippen molar-refractivity contribution in [1.82, 2.24) is 20.2 Å². The molecular formula is C10H20N4O2S. The van der Waals surface area contributed by atoms with Crippen molar-refractivity contribution in [3.05, 3.63) is 0 Å². The Morgan fingerprint density at radius 3 is 2.71 bits per heavy atom.